The number of carbonyl (C=O) groups is 1. The molecular weight excluding hydrogens is 554 g/mol. The summed E-state index contributed by atoms with van der Waals surface area (Å²) < 4.78 is 17.0. The van der Waals surface area contributed by atoms with Crippen LogP contribution in [0.2, 0.25) is 0 Å². The number of rotatable bonds is 11. The number of aryl methyl sites for hydroxylation is 1. The van der Waals surface area contributed by atoms with Gasteiger partial charge < -0.3 is 19.2 Å². The molecule has 0 atom stereocenters. The Labute approximate surface area is 260 Å². The van der Waals surface area contributed by atoms with Crippen molar-refractivity contribution in [1.82, 2.24) is 4.98 Å². The first-order valence-corrected chi connectivity index (χ1v) is 16.4. The molecule has 0 radical (unpaired) electrons. The lowest BCUT2D eigenvalue weighted by Gasteiger charge is -2.40. The Morgan fingerprint density at radius 1 is 0.886 bits per heavy atom. The number of ether oxygens (including phenoxy) is 3. The summed E-state index contributed by atoms with van der Waals surface area (Å²) in [7, 11) is 1.73. The van der Waals surface area contributed by atoms with E-state index < -0.39 is 0 Å². The van der Waals surface area contributed by atoms with E-state index in [1.807, 2.05) is 26.0 Å². The van der Waals surface area contributed by atoms with Crippen LogP contribution < -0.4 is 25.2 Å². The van der Waals surface area contributed by atoms with Crippen LogP contribution in [0, 0.1) is 17.3 Å². The topological polar surface area (TPSA) is 94.7 Å². The number of hydrogen-bond donors (Lipinski definition) is 1. The van der Waals surface area contributed by atoms with Crippen LogP contribution in [-0.2, 0) is 11.2 Å². The third-order valence-electron chi connectivity index (χ3n) is 10.1. The third kappa shape index (κ3) is 6.87. The maximum absolute atomic E-state index is 13.8. The van der Waals surface area contributed by atoms with Gasteiger partial charge in [-0.25, -0.2) is 0 Å². The fraction of sp³-hybridized carbons (Fsp3) is 0.541. The summed E-state index contributed by atoms with van der Waals surface area (Å²) in [6.07, 6.45) is 9.01. The highest BCUT2D eigenvalue weighted by Crippen LogP contribution is 2.48. The molecule has 2 aromatic carbocycles. The number of carbonyl (C=O) groups excluding carboxylic acids is 1. The van der Waals surface area contributed by atoms with E-state index >= 15 is 0 Å². The monoisotopic (exact) mass is 601 g/mol. The number of ketones is 1. The number of fused-ring (bicyclic) bond motifs is 1. The SMILES string of the molecule is CCOc1cc2[nH]c(=O)c(CCC3CCC(C(=O)C4(C)CCC(c5ccccc5OC)CC4)CC3)cc(=O)c2cc1OCC. The molecule has 1 heterocycles. The van der Waals surface area contributed by atoms with Crippen LogP contribution in [0.3, 0.4) is 0 Å². The van der Waals surface area contributed by atoms with Crippen molar-refractivity contribution in [3.05, 3.63) is 74.2 Å². The molecule has 1 aromatic heterocycles. The molecule has 0 spiro atoms. The molecule has 2 fully saturated rings. The zero-order chi connectivity index (χ0) is 31.3. The van der Waals surface area contributed by atoms with E-state index in [1.165, 1.54) is 11.6 Å². The van der Waals surface area contributed by atoms with Gasteiger partial charge in [-0.05, 0) is 114 Å². The number of aromatic amines is 1. The Morgan fingerprint density at radius 2 is 1.55 bits per heavy atom. The Bertz CT molecular complexity index is 1580. The summed E-state index contributed by atoms with van der Waals surface area (Å²) in [6.45, 7) is 6.82. The maximum Gasteiger partial charge on any atom is 0.251 e. The fourth-order valence-electron chi connectivity index (χ4n) is 7.48. The second kappa shape index (κ2) is 14.0. The number of Topliss-reactive ketones (excluding diaryl/α,β-unsaturated/α-hetero) is 1. The molecule has 236 valence electrons. The van der Waals surface area contributed by atoms with Crippen molar-refractivity contribution in [2.75, 3.05) is 20.3 Å². The normalized spacial score (nSPS) is 23.7. The molecule has 5 rings (SSSR count). The number of benzene rings is 2. The van der Waals surface area contributed by atoms with Gasteiger partial charge in [0.05, 0.1) is 25.8 Å². The van der Waals surface area contributed by atoms with E-state index in [9.17, 15) is 14.4 Å². The Hall–Kier alpha value is -3.61. The lowest BCUT2D eigenvalue weighted by Crippen LogP contribution is -2.38. The average molecular weight is 602 g/mol. The van der Waals surface area contributed by atoms with Crippen molar-refractivity contribution in [2.24, 2.45) is 17.3 Å². The predicted octanol–water partition coefficient (Wildman–Crippen LogP) is 7.37. The molecule has 0 bridgehead atoms. The summed E-state index contributed by atoms with van der Waals surface area (Å²) >= 11 is 0. The Morgan fingerprint density at radius 3 is 2.20 bits per heavy atom. The van der Waals surface area contributed by atoms with E-state index in [1.54, 1.807) is 19.2 Å². The Balaban J connectivity index is 1.19. The van der Waals surface area contributed by atoms with Gasteiger partial charge in [0.1, 0.15) is 11.5 Å². The van der Waals surface area contributed by atoms with Crippen molar-refractivity contribution in [3.63, 3.8) is 0 Å². The van der Waals surface area contributed by atoms with Gasteiger partial charge in [0.25, 0.3) is 5.56 Å². The molecular formula is C37H47NO6. The number of nitrogens with one attached hydrogen (secondary N) is 1. The van der Waals surface area contributed by atoms with Crippen molar-refractivity contribution < 1.29 is 19.0 Å². The molecule has 7 heteroatoms. The molecule has 0 unspecified atom stereocenters. The molecule has 2 aliphatic rings. The van der Waals surface area contributed by atoms with Crippen molar-refractivity contribution in [3.8, 4) is 17.2 Å². The number of methoxy groups -OCH3 is 1. The summed E-state index contributed by atoms with van der Waals surface area (Å²) in [6, 6.07) is 13.1. The zero-order valence-corrected chi connectivity index (χ0v) is 26.7. The minimum atomic E-state index is -0.251. The fourth-order valence-corrected chi connectivity index (χ4v) is 7.48. The lowest BCUT2D eigenvalue weighted by molar-refractivity contribution is -0.135. The highest BCUT2D eigenvalue weighted by molar-refractivity contribution is 5.87. The largest absolute Gasteiger partial charge is 0.496 e. The van der Waals surface area contributed by atoms with Crippen molar-refractivity contribution in [2.45, 2.75) is 90.9 Å². The second-order valence-electron chi connectivity index (χ2n) is 12.9. The molecule has 0 saturated heterocycles. The Kier molecular flexibility index (Phi) is 10.1. The van der Waals surface area contributed by atoms with Gasteiger partial charge in [-0.2, -0.15) is 0 Å². The number of hydrogen-bond acceptors (Lipinski definition) is 6. The first-order chi connectivity index (χ1) is 21.3. The zero-order valence-electron chi connectivity index (χ0n) is 26.7. The molecule has 2 aliphatic carbocycles. The first kappa shape index (κ1) is 31.8. The van der Waals surface area contributed by atoms with Crippen LogP contribution in [0.5, 0.6) is 17.2 Å². The maximum atomic E-state index is 13.8. The molecule has 3 aromatic rings. The van der Waals surface area contributed by atoms with E-state index in [0.29, 0.717) is 65.2 Å². The highest BCUT2D eigenvalue weighted by Gasteiger charge is 2.42. The van der Waals surface area contributed by atoms with Gasteiger partial charge in [-0.1, -0.05) is 25.1 Å². The summed E-state index contributed by atoms with van der Waals surface area (Å²) in [5, 5.41) is 0.407. The molecule has 0 aliphatic heterocycles. The van der Waals surface area contributed by atoms with Gasteiger partial charge in [-0.15, -0.1) is 0 Å². The van der Waals surface area contributed by atoms with E-state index in [-0.39, 0.29) is 22.3 Å². The van der Waals surface area contributed by atoms with E-state index in [2.05, 4.69) is 24.0 Å². The highest BCUT2D eigenvalue weighted by atomic mass is 16.5. The van der Waals surface area contributed by atoms with Gasteiger partial charge in [0.2, 0.25) is 0 Å². The van der Waals surface area contributed by atoms with Crippen LogP contribution in [0.25, 0.3) is 10.9 Å². The smallest absolute Gasteiger partial charge is 0.251 e. The van der Waals surface area contributed by atoms with Crippen LogP contribution >= 0.6 is 0 Å². The molecule has 0 amide bonds. The standard InChI is InChI=1S/C37H47NO6/c1-5-43-33-22-29-30(23-34(33)44-6-2)38-36(41)27(21-31(29)39)16-13-24-11-14-26(15-12-24)35(40)37(3)19-17-25(18-20-37)28-9-7-8-10-32(28)42-4/h7-10,21-26H,5-6,11-20H2,1-4H3,(H,38,41). The molecule has 2 saturated carbocycles. The minimum Gasteiger partial charge on any atom is -0.496 e. The third-order valence-corrected chi connectivity index (χ3v) is 10.1. The van der Waals surface area contributed by atoms with Crippen LogP contribution in [0.4, 0.5) is 0 Å². The molecule has 44 heavy (non-hydrogen) atoms. The quantitative estimate of drug-likeness (QED) is 0.247. The number of para-hydroxylation sites is 1. The van der Waals surface area contributed by atoms with Crippen LogP contribution in [0.1, 0.15) is 95.6 Å². The number of H-pyrrole nitrogens is 1. The summed E-state index contributed by atoms with van der Waals surface area (Å²) in [4.78, 5) is 43.0. The van der Waals surface area contributed by atoms with Gasteiger partial charge in [0, 0.05) is 28.3 Å². The van der Waals surface area contributed by atoms with Crippen LogP contribution in [0.15, 0.2) is 52.1 Å². The summed E-state index contributed by atoms with van der Waals surface area (Å²) in [5.41, 5.74) is 1.50. The summed E-state index contributed by atoms with van der Waals surface area (Å²) in [5.74, 6) is 3.40. The van der Waals surface area contributed by atoms with Crippen LogP contribution in [-0.4, -0.2) is 31.1 Å². The molecule has 7 nitrogen and oxygen atoms in total. The van der Waals surface area contributed by atoms with Gasteiger partial charge >= 0.3 is 0 Å². The average Bonchev–Trinajstić information content (AvgIpc) is 3.15. The molecule has 1 N–H and O–H groups in total. The predicted molar refractivity (Wildman–Crippen MR) is 174 cm³/mol. The van der Waals surface area contributed by atoms with Crippen molar-refractivity contribution >= 4 is 16.7 Å². The van der Waals surface area contributed by atoms with Gasteiger partial charge in [0.15, 0.2) is 16.9 Å². The minimum absolute atomic E-state index is 0.120. The second-order valence-corrected chi connectivity index (χ2v) is 12.9. The van der Waals surface area contributed by atoms with E-state index in [4.69, 9.17) is 14.2 Å². The van der Waals surface area contributed by atoms with Gasteiger partial charge in [-0.3, -0.25) is 14.4 Å². The van der Waals surface area contributed by atoms with Crippen molar-refractivity contribution in [1.29, 1.82) is 0 Å². The number of aromatic nitrogens is 1. The first-order valence-electron chi connectivity index (χ1n) is 16.4. The lowest BCUT2D eigenvalue weighted by atomic mass is 9.63. The van der Waals surface area contributed by atoms with E-state index in [0.717, 1.165) is 63.5 Å².